The second-order valence-corrected chi connectivity index (χ2v) is 4.37. The standard InChI is InChI=1S/C9H13NO3S/c1-2-7-13-8-5-3-4-6-9(8)14(10,11)12/h3-6H,2,7H2,1H3,(H2,10,11,12). The lowest BCUT2D eigenvalue weighted by molar-refractivity contribution is 0.309. The van der Waals surface area contributed by atoms with Gasteiger partial charge in [-0.25, -0.2) is 13.6 Å². The molecule has 4 nitrogen and oxygen atoms in total. The summed E-state index contributed by atoms with van der Waals surface area (Å²) in [6, 6.07) is 6.34. The third-order valence-electron chi connectivity index (χ3n) is 1.62. The van der Waals surface area contributed by atoms with Crippen molar-refractivity contribution in [1.82, 2.24) is 0 Å². The zero-order valence-corrected chi connectivity index (χ0v) is 8.75. The summed E-state index contributed by atoms with van der Waals surface area (Å²) in [7, 11) is -3.69. The Morgan fingerprint density at radius 2 is 2.00 bits per heavy atom. The molecule has 0 saturated heterocycles. The van der Waals surface area contributed by atoms with Crippen molar-refractivity contribution in [2.24, 2.45) is 5.14 Å². The molecule has 0 aromatic heterocycles. The maximum Gasteiger partial charge on any atom is 0.241 e. The summed E-state index contributed by atoms with van der Waals surface area (Å²) in [5, 5.41) is 5.02. The molecule has 0 unspecified atom stereocenters. The van der Waals surface area contributed by atoms with Crippen molar-refractivity contribution < 1.29 is 13.2 Å². The average molecular weight is 215 g/mol. The SMILES string of the molecule is CCCOc1ccccc1S(N)(=O)=O. The fraction of sp³-hybridized carbons (Fsp3) is 0.333. The molecule has 1 aromatic carbocycles. The van der Waals surface area contributed by atoms with Gasteiger partial charge in [0, 0.05) is 0 Å². The first-order valence-electron chi connectivity index (χ1n) is 4.30. The predicted molar refractivity (Wildman–Crippen MR) is 53.6 cm³/mol. The Morgan fingerprint density at radius 1 is 1.36 bits per heavy atom. The third kappa shape index (κ3) is 2.71. The Hall–Kier alpha value is -1.07. The van der Waals surface area contributed by atoms with Crippen molar-refractivity contribution >= 4 is 10.0 Å². The molecule has 0 saturated carbocycles. The Labute approximate surface area is 83.7 Å². The summed E-state index contributed by atoms with van der Waals surface area (Å²) in [6.45, 7) is 2.42. The Kier molecular flexibility index (Phi) is 3.49. The van der Waals surface area contributed by atoms with Crippen LogP contribution in [0.3, 0.4) is 0 Å². The third-order valence-corrected chi connectivity index (χ3v) is 2.57. The summed E-state index contributed by atoms with van der Waals surface area (Å²) in [6.07, 6.45) is 0.818. The van der Waals surface area contributed by atoms with Crippen LogP contribution in [0, 0.1) is 0 Å². The first kappa shape index (κ1) is 11.0. The van der Waals surface area contributed by atoms with E-state index in [1.54, 1.807) is 18.2 Å². The van der Waals surface area contributed by atoms with E-state index in [9.17, 15) is 8.42 Å². The van der Waals surface area contributed by atoms with E-state index in [1.165, 1.54) is 6.07 Å². The van der Waals surface area contributed by atoms with E-state index in [0.717, 1.165) is 6.42 Å². The average Bonchev–Trinajstić information content (AvgIpc) is 2.14. The highest BCUT2D eigenvalue weighted by Gasteiger charge is 2.13. The molecule has 0 fully saturated rings. The molecule has 2 N–H and O–H groups in total. The van der Waals surface area contributed by atoms with Gasteiger partial charge < -0.3 is 4.74 Å². The van der Waals surface area contributed by atoms with E-state index in [1.807, 2.05) is 6.92 Å². The topological polar surface area (TPSA) is 69.4 Å². The lowest BCUT2D eigenvalue weighted by Crippen LogP contribution is -2.14. The second-order valence-electron chi connectivity index (χ2n) is 2.84. The first-order chi connectivity index (χ1) is 6.55. The lowest BCUT2D eigenvalue weighted by atomic mass is 10.3. The molecule has 5 heteroatoms. The van der Waals surface area contributed by atoms with Crippen molar-refractivity contribution in [3.05, 3.63) is 24.3 Å². The van der Waals surface area contributed by atoms with Gasteiger partial charge in [-0.3, -0.25) is 0 Å². The van der Waals surface area contributed by atoms with Crippen LogP contribution >= 0.6 is 0 Å². The van der Waals surface area contributed by atoms with Gasteiger partial charge in [0.05, 0.1) is 6.61 Å². The van der Waals surface area contributed by atoms with E-state index >= 15 is 0 Å². The molecular formula is C9H13NO3S. The monoisotopic (exact) mass is 215 g/mol. The quantitative estimate of drug-likeness (QED) is 0.818. The van der Waals surface area contributed by atoms with Crippen LogP contribution in [0.15, 0.2) is 29.2 Å². The van der Waals surface area contributed by atoms with Crippen molar-refractivity contribution in [3.8, 4) is 5.75 Å². The Balaban J connectivity index is 3.04. The van der Waals surface area contributed by atoms with Crippen molar-refractivity contribution in [2.75, 3.05) is 6.61 Å². The summed E-state index contributed by atoms with van der Waals surface area (Å²) in [5.74, 6) is 0.317. The summed E-state index contributed by atoms with van der Waals surface area (Å²) < 4.78 is 27.5. The highest BCUT2D eigenvalue weighted by atomic mass is 32.2. The minimum absolute atomic E-state index is 0.0356. The summed E-state index contributed by atoms with van der Waals surface area (Å²) >= 11 is 0. The van der Waals surface area contributed by atoms with E-state index in [0.29, 0.717) is 12.4 Å². The van der Waals surface area contributed by atoms with Crippen molar-refractivity contribution in [3.63, 3.8) is 0 Å². The number of nitrogens with two attached hydrogens (primary N) is 1. The zero-order valence-electron chi connectivity index (χ0n) is 7.93. The van der Waals surface area contributed by atoms with Gasteiger partial charge in [-0.05, 0) is 18.6 Å². The minimum atomic E-state index is -3.69. The lowest BCUT2D eigenvalue weighted by Gasteiger charge is -2.08. The molecule has 0 bridgehead atoms. The fourth-order valence-corrected chi connectivity index (χ4v) is 1.69. The smallest absolute Gasteiger partial charge is 0.241 e. The molecule has 0 spiro atoms. The fourth-order valence-electron chi connectivity index (χ4n) is 1.02. The number of rotatable bonds is 4. The molecule has 14 heavy (non-hydrogen) atoms. The molecule has 1 rings (SSSR count). The Bertz CT molecular complexity index is 400. The van der Waals surface area contributed by atoms with Crippen molar-refractivity contribution in [1.29, 1.82) is 0 Å². The maximum atomic E-state index is 11.1. The second kappa shape index (κ2) is 4.43. The van der Waals surface area contributed by atoms with Gasteiger partial charge in [0.2, 0.25) is 10.0 Å². The van der Waals surface area contributed by atoms with E-state index < -0.39 is 10.0 Å². The van der Waals surface area contributed by atoms with Crippen LogP contribution in [0.1, 0.15) is 13.3 Å². The van der Waals surface area contributed by atoms with Crippen LogP contribution in [0.5, 0.6) is 5.75 Å². The van der Waals surface area contributed by atoms with Crippen molar-refractivity contribution in [2.45, 2.75) is 18.2 Å². The van der Waals surface area contributed by atoms with Crippen LogP contribution in [0.2, 0.25) is 0 Å². The van der Waals surface area contributed by atoms with Crippen LogP contribution in [-0.4, -0.2) is 15.0 Å². The molecule has 1 aromatic rings. The molecule has 0 atom stereocenters. The van der Waals surface area contributed by atoms with Crippen LogP contribution in [0.25, 0.3) is 0 Å². The normalized spacial score (nSPS) is 11.3. The maximum absolute atomic E-state index is 11.1. The molecule has 78 valence electrons. The molecular weight excluding hydrogens is 202 g/mol. The number of primary sulfonamides is 1. The molecule has 0 aliphatic heterocycles. The van der Waals surface area contributed by atoms with Crippen LogP contribution in [-0.2, 0) is 10.0 Å². The Morgan fingerprint density at radius 3 is 2.57 bits per heavy atom. The first-order valence-corrected chi connectivity index (χ1v) is 5.85. The highest BCUT2D eigenvalue weighted by molar-refractivity contribution is 7.89. The largest absolute Gasteiger partial charge is 0.492 e. The molecule has 0 aliphatic carbocycles. The number of ether oxygens (including phenoxy) is 1. The number of hydrogen-bond donors (Lipinski definition) is 1. The number of para-hydroxylation sites is 1. The molecule has 0 heterocycles. The van der Waals surface area contributed by atoms with Gasteiger partial charge in [-0.2, -0.15) is 0 Å². The van der Waals surface area contributed by atoms with Gasteiger partial charge in [0.15, 0.2) is 0 Å². The summed E-state index contributed by atoms with van der Waals surface area (Å²) in [5.41, 5.74) is 0. The number of benzene rings is 1. The van der Waals surface area contributed by atoms with Gasteiger partial charge in [0.1, 0.15) is 10.6 Å². The number of sulfonamides is 1. The van der Waals surface area contributed by atoms with Gasteiger partial charge in [-0.15, -0.1) is 0 Å². The van der Waals surface area contributed by atoms with E-state index in [-0.39, 0.29) is 4.90 Å². The molecule has 0 radical (unpaired) electrons. The van der Waals surface area contributed by atoms with E-state index in [4.69, 9.17) is 9.88 Å². The minimum Gasteiger partial charge on any atom is -0.492 e. The van der Waals surface area contributed by atoms with Crippen LogP contribution < -0.4 is 9.88 Å². The summed E-state index contributed by atoms with van der Waals surface area (Å²) in [4.78, 5) is 0.0356. The predicted octanol–water partition coefficient (Wildman–Crippen LogP) is 1.12. The van der Waals surface area contributed by atoms with Crippen LogP contribution in [0.4, 0.5) is 0 Å². The number of hydrogen-bond acceptors (Lipinski definition) is 3. The van der Waals surface area contributed by atoms with Gasteiger partial charge in [-0.1, -0.05) is 19.1 Å². The van der Waals surface area contributed by atoms with Gasteiger partial charge >= 0.3 is 0 Å². The van der Waals surface area contributed by atoms with E-state index in [2.05, 4.69) is 0 Å². The van der Waals surface area contributed by atoms with Gasteiger partial charge in [0.25, 0.3) is 0 Å². The molecule has 0 aliphatic rings. The molecule has 0 amide bonds. The zero-order chi connectivity index (χ0) is 10.6. The highest BCUT2D eigenvalue weighted by Crippen LogP contribution is 2.21.